The second kappa shape index (κ2) is 3.09. The van der Waals surface area contributed by atoms with Crippen molar-refractivity contribution in [3.8, 4) is 0 Å². The average Bonchev–Trinajstić information content (AvgIpc) is 2.30. The summed E-state index contributed by atoms with van der Waals surface area (Å²) in [5, 5.41) is 0. The summed E-state index contributed by atoms with van der Waals surface area (Å²) in [5.41, 5.74) is 0. The summed E-state index contributed by atoms with van der Waals surface area (Å²) < 4.78 is 0. The predicted octanol–water partition coefficient (Wildman–Crippen LogP) is 2.25. The molecule has 1 nitrogen and oxygen atoms in total. The van der Waals surface area contributed by atoms with E-state index in [9.17, 15) is 0 Å². The van der Waals surface area contributed by atoms with E-state index < -0.39 is 0 Å². The van der Waals surface area contributed by atoms with Crippen LogP contribution >= 0.6 is 0 Å². The fraction of sp³-hybridized carbons (Fsp3) is 0.778. The summed E-state index contributed by atoms with van der Waals surface area (Å²) in [5.74, 6) is 0.864. The van der Waals surface area contributed by atoms with Crippen LogP contribution in [0.5, 0.6) is 0 Å². The maximum absolute atomic E-state index is 3.80. The maximum Gasteiger partial charge on any atom is 0.0284 e. The van der Waals surface area contributed by atoms with Crippen LogP contribution in [0, 0.1) is 5.92 Å². The molecule has 58 valence electrons. The molecular formula is C9H17N. The molecule has 0 spiro atoms. The first-order valence-electron chi connectivity index (χ1n) is 4.16. The van der Waals surface area contributed by atoms with Crippen molar-refractivity contribution in [1.29, 1.82) is 0 Å². The van der Waals surface area contributed by atoms with Gasteiger partial charge in [0.25, 0.3) is 0 Å². The van der Waals surface area contributed by atoms with Gasteiger partial charge in [-0.2, -0.15) is 0 Å². The lowest BCUT2D eigenvalue weighted by molar-refractivity contribution is 0.340. The summed E-state index contributed by atoms with van der Waals surface area (Å²) in [6.45, 7) is 9.57. The Balaban J connectivity index is 2.48. The Morgan fingerprint density at radius 2 is 2.40 bits per heavy atom. The molecule has 1 aliphatic heterocycles. The predicted molar refractivity (Wildman–Crippen MR) is 44.8 cm³/mol. The van der Waals surface area contributed by atoms with Crippen LogP contribution in [0.15, 0.2) is 12.8 Å². The molecule has 0 aliphatic carbocycles. The first kappa shape index (κ1) is 7.64. The lowest BCUT2D eigenvalue weighted by Gasteiger charge is -2.20. The Morgan fingerprint density at radius 3 is 2.80 bits per heavy atom. The summed E-state index contributed by atoms with van der Waals surface area (Å²) in [4.78, 5) is 2.37. The normalized spacial score (nSPS) is 32.8. The molecule has 1 heteroatoms. The lowest BCUT2D eigenvalue weighted by Crippen LogP contribution is -2.22. The van der Waals surface area contributed by atoms with Crippen molar-refractivity contribution in [2.75, 3.05) is 6.54 Å². The Labute approximate surface area is 63.7 Å². The molecule has 0 aromatic heterocycles. The minimum absolute atomic E-state index is 0.771. The highest BCUT2D eigenvalue weighted by molar-refractivity contribution is 4.87. The second-order valence-electron chi connectivity index (χ2n) is 3.28. The van der Waals surface area contributed by atoms with Crippen LogP contribution in [-0.4, -0.2) is 17.5 Å². The highest BCUT2D eigenvalue weighted by Crippen LogP contribution is 2.24. The third-order valence-electron chi connectivity index (χ3n) is 2.37. The number of hydrogen-bond acceptors (Lipinski definition) is 1. The van der Waals surface area contributed by atoms with Crippen LogP contribution in [-0.2, 0) is 0 Å². The van der Waals surface area contributed by atoms with E-state index in [1.54, 1.807) is 0 Å². The third-order valence-corrected chi connectivity index (χ3v) is 2.37. The highest BCUT2D eigenvalue weighted by Gasteiger charge is 2.24. The topological polar surface area (TPSA) is 3.24 Å². The molecule has 1 fully saturated rings. The second-order valence-corrected chi connectivity index (χ2v) is 3.28. The molecule has 2 unspecified atom stereocenters. The van der Waals surface area contributed by atoms with Gasteiger partial charge in [0.15, 0.2) is 0 Å². The van der Waals surface area contributed by atoms with E-state index in [1.807, 2.05) is 6.20 Å². The van der Waals surface area contributed by atoms with Gasteiger partial charge in [0.05, 0.1) is 0 Å². The molecule has 2 atom stereocenters. The van der Waals surface area contributed by atoms with Gasteiger partial charge in [0.2, 0.25) is 0 Å². The third kappa shape index (κ3) is 1.34. The minimum Gasteiger partial charge on any atom is -0.375 e. The van der Waals surface area contributed by atoms with Gasteiger partial charge in [0.1, 0.15) is 0 Å². The van der Waals surface area contributed by atoms with Crippen LogP contribution in [0.3, 0.4) is 0 Å². The number of likely N-dealkylation sites (tertiary alicyclic amines) is 1. The summed E-state index contributed by atoms with van der Waals surface area (Å²) in [6, 6.07) is 0.771. The average molecular weight is 139 g/mol. The van der Waals surface area contributed by atoms with Gasteiger partial charge < -0.3 is 4.90 Å². The summed E-state index contributed by atoms with van der Waals surface area (Å²) in [6.07, 6.45) is 4.59. The molecule has 0 aromatic rings. The highest BCUT2D eigenvalue weighted by atomic mass is 15.2. The zero-order chi connectivity index (χ0) is 7.56. The fourth-order valence-corrected chi connectivity index (χ4v) is 1.81. The Kier molecular flexibility index (Phi) is 2.36. The summed E-state index contributed by atoms with van der Waals surface area (Å²) >= 11 is 0. The number of nitrogens with zero attached hydrogens (tertiary/aromatic N) is 1. The standard InChI is InChI=1S/C9H17N/c1-4-9-6-8(3)7-10(9)5-2/h5,8-9H,2,4,6-7H2,1,3H3. The molecule has 0 saturated carbocycles. The zero-order valence-corrected chi connectivity index (χ0v) is 7.01. The van der Waals surface area contributed by atoms with Gasteiger partial charge in [0, 0.05) is 12.6 Å². The monoisotopic (exact) mass is 139 g/mol. The van der Waals surface area contributed by atoms with Crippen molar-refractivity contribution in [3.63, 3.8) is 0 Å². The Bertz CT molecular complexity index is 120. The quantitative estimate of drug-likeness (QED) is 0.567. The van der Waals surface area contributed by atoms with Crippen molar-refractivity contribution < 1.29 is 0 Å². The van der Waals surface area contributed by atoms with Crippen LogP contribution in [0.2, 0.25) is 0 Å². The zero-order valence-electron chi connectivity index (χ0n) is 7.01. The van der Waals surface area contributed by atoms with Gasteiger partial charge in [-0.1, -0.05) is 20.4 Å². The number of rotatable bonds is 2. The lowest BCUT2D eigenvalue weighted by atomic mass is 10.1. The van der Waals surface area contributed by atoms with E-state index in [0.29, 0.717) is 0 Å². The molecule has 1 heterocycles. The van der Waals surface area contributed by atoms with Gasteiger partial charge in [-0.05, 0) is 25.0 Å². The summed E-state index contributed by atoms with van der Waals surface area (Å²) in [7, 11) is 0. The molecule has 0 bridgehead atoms. The van der Waals surface area contributed by atoms with E-state index in [4.69, 9.17) is 0 Å². The van der Waals surface area contributed by atoms with E-state index in [0.717, 1.165) is 12.0 Å². The molecule has 0 N–H and O–H groups in total. The first-order chi connectivity index (χ1) is 4.77. The van der Waals surface area contributed by atoms with Crippen molar-refractivity contribution in [1.82, 2.24) is 4.90 Å². The van der Waals surface area contributed by atoms with Crippen molar-refractivity contribution in [3.05, 3.63) is 12.8 Å². The van der Waals surface area contributed by atoms with Crippen molar-refractivity contribution >= 4 is 0 Å². The van der Waals surface area contributed by atoms with Gasteiger partial charge in [-0.25, -0.2) is 0 Å². The van der Waals surface area contributed by atoms with Gasteiger partial charge in [-0.15, -0.1) is 0 Å². The SMILES string of the molecule is C=CN1CC(C)CC1CC. The van der Waals surface area contributed by atoms with Crippen molar-refractivity contribution in [2.24, 2.45) is 5.92 Å². The maximum atomic E-state index is 3.80. The molecule has 0 amide bonds. The fourth-order valence-electron chi connectivity index (χ4n) is 1.81. The molecule has 1 saturated heterocycles. The first-order valence-corrected chi connectivity index (χ1v) is 4.16. The molecular weight excluding hydrogens is 122 g/mol. The molecule has 0 radical (unpaired) electrons. The molecule has 1 rings (SSSR count). The van der Waals surface area contributed by atoms with Crippen LogP contribution in [0.1, 0.15) is 26.7 Å². The van der Waals surface area contributed by atoms with Gasteiger partial charge in [-0.3, -0.25) is 0 Å². The Hall–Kier alpha value is -0.460. The van der Waals surface area contributed by atoms with E-state index >= 15 is 0 Å². The van der Waals surface area contributed by atoms with Gasteiger partial charge >= 0.3 is 0 Å². The smallest absolute Gasteiger partial charge is 0.0284 e. The van der Waals surface area contributed by atoms with E-state index in [-0.39, 0.29) is 0 Å². The minimum atomic E-state index is 0.771. The van der Waals surface area contributed by atoms with Crippen molar-refractivity contribution in [2.45, 2.75) is 32.7 Å². The van der Waals surface area contributed by atoms with E-state index in [1.165, 1.54) is 19.4 Å². The van der Waals surface area contributed by atoms with E-state index in [2.05, 4.69) is 25.3 Å². The molecule has 0 aromatic carbocycles. The van der Waals surface area contributed by atoms with Crippen LogP contribution in [0.4, 0.5) is 0 Å². The Morgan fingerprint density at radius 1 is 1.70 bits per heavy atom. The van der Waals surface area contributed by atoms with Crippen LogP contribution < -0.4 is 0 Å². The largest absolute Gasteiger partial charge is 0.375 e. The number of hydrogen-bond donors (Lipinski definition) is 0. The molecule has 10 heavy (non-hydrogen) atoms. The molecule has 1 aliphatic rings. The van der Waals surface area contributed by atoms with Crippen LogP contribution in [0.25, 0.3) is 0 Å².